The first-order valence-electron chi connectivity index (χ1n) is 4.22. The molecule has 0 aliphatic carbocycles. The lowest BCUT2D eigenvalue weighted by Crippen LogP contribution is -2.09. The van der Waals surface area contributed by atoms with E-state index in [1.54, 1.807) is 22.7 Å². The van der Waals surface area contributed by atoms with Gasteiger partial charge in [-0.2, -0.15) is 0 Å². The van der Waals surface area contributed by atoms with Gasteiger partial charge in [-0.1, -0.05) is 0 Å². The van der Waals surface area contributed by atoms with Crippen LogP contribution in [-0.4, -0.2) is 0 Å². The highest BCUT2D eigenvalue weighted by Crippen LogP contribution is 2.32. The molecule has 0 aliphatic rings. The maximum absolute atomic E-state index is 6.16. The van der Waals surface area contributed by atoms with Crippen LogP contribution in [-0.2, 0) is 0 Å². The van der Waals surface area contributed by atoms with Crippen LogP contribution < -0.4 is 5.73 Å². The lowest BCUT2D eigenvalue weighted by atomic mass is 10.1. The molecule has 0 spiro atoms. The molecule has 2 aromatic rings. The number of hydrogen-bond donors (Lipinski definition) is 1. The van der Waals surface area contributed by atoms with Crippen LogP contribution in [0.2, 0.25) is 0 Å². The molecule has 0 bridgehead atoms. The van der Waals surface area contributed by atoms with Gasteiger partial charge >= 0.3 is 0 Å². The molecular formula is C10H10BrNS2. The Kier molecular flexibility index (Phi) is 3.07. The van der Waals surface area contributed by atoms with Crippen molar-refractivity contribution < 1.29 is 0 Å². The minimum Gasteiger partial charge on any atom is -0.320 e. The van der Waals surface area contributed by atoms with Gasteiger partial charge in [0.25, 0.3) is 0 Å². The van der Waals surface area contributed by atoms with Crippen molar-refractivity contribution >= 4 is 38.6 Å². The van der Waals surface area contributed by atoms with Gasteiger partial charge in [0.2, 0.25) is 0 Å². The van der Waals surface area contributed by atoms with Crippen LogP contribution in [0, 0.1) is 6.92 Å². The van der Waals surface area contributed by atoms with Gasteiger partial charge in [0.1, 0.15) is 0 Å². The Morgan fingerprint density at radius 2 is 2.21 bits per heavy atom. The Balaban J connectivity index is 2.33. The maximum Gasteiger partial charge on any atom is 0.0665 e. The van der Waals surface area contributed by atoms with Gasteiger partial charge in [-0.25, -0.2) is 0 Å². The highest BCUT2D eigenvalue weighted by Gasteiger charge is 2.14. The second kappa shape index (κ2) is 4.14. The van der Waals surface area contributed by atoms with Crippen molar-refractivity contribution in [3.05, 3.63) is 42.7 Å². The lowest BCUT2D eigenvalue weighted by Gasteiger charge is -2.07. The third kappa shape index (κ3) is 1.93. The second-order valence-electron chi connectivity index (χ2n) is 3.10. The minimum atomic E-state index is 0.00863. The van der Waals surface area contributed by atoms with E-state index in [0.717, 1.165) is 4.47 Å². The number of halogens is 1. The van der Waals surface area contributed by atoms with E-state index in [1.165, 1.54) is 15.3 Å². The van der Waals surface area contributed by atoms with Crippen LogP contribution >= 0.6 is 38.6 Å². The van der Waals surface area contributed by atoms with Crippen LogP contribution in [0.15, 0.2) is 27.4 Å². The summed E-state index contributed by atoms with van der Waals surface area (Å²) >= 11 is 6.94. The van der Waals surface area contributed by atoms with Crippen LogP contribution in [0.5, 0.6) is 0 Å². The average Bonchev–Trinajstić information content (AvgIpc) is 2.73. The zero-order valence-corrected chi connectivity index (χ0v) is 10.9. The fraction of sp³-hybridized carbons (Fsp3) is 0.200. The summed E-state index contributed by atoms with van der Waals surface area (Å²) in [5, 5.41) is 4.19. The Hall–Kier alpha value is -0.160. The average molecular weight is 288 g/mol. The lowest BCUT2D eigenvalue weighted by molar-refractivity contribution is 0.894. The monoisotopic (exact) mass is 287 g/mol. The maximum atomic E-state index is 6.16. The van der Waals surface area contributed by atoms with Gasteiger partial charge < -0.3 is 5.73 Å². The summed E-state index contributed by atoms with van der Waals surface area (Å²) in [4.78, 5) is 2.51. The molecule has 1 atom stereocenters. The second-order valence-corrected chi connectivity index (χ2v) is 6.02. The molecule has 0 saturated heterocycles. The third-order valence-electron chi connectivity index (χ3n) is 2.04. The molecule has 0 aromatic carbocycles. The molecule has 2 rings (SSSR count). The van der Waals surface area contributed by atoms with E-state index >= 15 is 0 Å². The van der Waals surface area contributed by atoms with Crippen LogP contribution in [0.3, 0.4) is 0 Å². The molecule has 0 saturated carbocycles. The van der Waals surface area contributed by atoms with Gasteiger partial charge in [-0.15, -0.1) is 22.7 Å². The summed E-state index contributed by atoms with van der Waals surface area (Å²) in [5.41, 5.74) is 7.37. The predicted molar refractivity (Wildman–Crippen MR) is 67.1 cm³/mol. The van der Waals surface area contributed by atoms with Gasteiger partial charge in [-0.3, -0.25) is 0 Å². The summed E-state index contributed by atoms with van der Waals surface area (Å²) in [6.07, 6.45) is 0. The molecule has 0 amide bonds. The van der Waals surface area contributed by atoms with Crippen molar-refractivity contribution in [2.75, 3.05) is 0 Å². The first kappa shape index (κ1) is 10.4. The minimum absolute atomic E-state index is 0.00863. The van der Waals surface area contributed by atoms with E-state index in [4.69, 9.17) is 5.73 Å². The number of rotatable bonds is 2. The SMILES string of the molecule is Cc1cc(C(N)c2sccc2Br)cs1. The number of aryl methyl sites for hydroxylation is 1. The highest BCUT2D eigenvalue weighted by molar-refractivity contribution is 9.10. The molecule has 74 valence electrons. The number of nitrogens with two attached hydrogens (primary N) is 1. The van der Waals surface area contributed by atoms with E-state index < -0.39 is 0 Å². The fourth-order valence-electron chi connectivity index (χ4n) is 1.31. The van der Waals surface area contributed by atoms with Crippen molar-refractivity contribution in [2.24, 2.45) is 5.73 Å². The van der Waals surface area contributed by atoms with Crippen molar-refractivity contribution in [1.29, 1.82) is 0 Å². The molecule has 1 unspecified atom stereocenters. The Morgan fingerprint density at radius 1 is 1.43 bits per heavy atom. The third-order valence-corrected chi connectivity index (χ3v) is 4.87. The summed E-state index contributed by atoms with van der Waals surface area (Å²) in [5.74, 6) is 0. The van der Waals surface area contributed by atoms with E-state index in [-0.39, 0.29) is 6.04 Å². The van der Waals surface area contributed by atoms with Crippen molar-refractivity contribution in [3.8, 4) is 0 Å². The van der Waals surface area contributed by atoms with Crippen LogP contribution in [0.4, 0.5) is 0 Å². The van der Waals surface area contributed by atoms with Crippen LogP contribution in [0.25, 0.3) is 0 Å². The molecule has 2 heterocycles. The first-order valence-corrected chi connectivity index (χ1v) is 6.77. The topological polar surface area (TPSA) is 26.0 Å². The Labute approximate surface area is 99.7 Å². The van der Waals surface area contributed by atoms with Gasteiger partial charge in [-0.05, 0) is 51.3 Å². The Morgan fingerprint density at radius 3 is 2.71 bits per heavy atom. The smallest absolute Gasteiger partial charge is 0.0665 e. The predicted octanol–water partition coefficient (Wildman–Crippen LogP) is 3.93. The van der Waals surface area contributed by atoms with E-state index in [9.17, 15) is 0 Å². The van der Waals surface area contributed by atoms with Gasteiger partial charge in [0.05, 0.1) is 6.04 Å². The van der Waals surface area contributed by atoms with Gasteiger partial charge in [0.15, 0.2) is 0 Å². The highest BCUT2D eigenvalue weighted by atomic mass is 79.9. The molecule has 0 fully saturated rings. The molecule has 4 heteroatoms. The number of hydrogen-bond acceptors (Lipinski definition) is 3. The summed E-state index contributed by atoms with van der Waals surface area (Å²) in [7, 11) is 0. The van der Waals surface area contributed by atoms with Crippen LogP contribution in [0.1, 0.15) is 21.4 Å². The summed E-state index contributed by atoms with van der Waals surface area (Å²) < 4.78 is 1.11. The van der Waals surface area contributed by atoms with Gasteiger partial charge in [0, 0.05) is 14.2 Å². The molecule has 1 nitrogen and oxygen atoms in total. The molecule has 0 aliphatic heterocycles. The fourth-order valence-corrected chi connectivity index (χ4v) is 3.69. The molecule has 0 radical (unpaired) electrons. The standard InChI is InChI=1S/C10H10BrNS2/c1-6-4-7(5-14-6)9(12)10-8(11)2-3-13-10/h2-5,9H,12H2,1H3. The normalized spacial score (nSPS) is 13.1. The summed E-state index contributed by atoms with van der Waals surface area (Å²) in [6.45, 7) is 2.10. The van der Waals surface area contributed by atoms with E-state index in [0.29, 0.717) is 0 Å². The van der Waals surface area contributed by atoms with E-state index in [1.807, 2.05) is 6.07 Å². The molecular weight excluding hydrogens is 278 g/mol. The molecule has 2 N–H and O–H groups in total. The molecule has 2 aromatic heterocycles. The summed E-state index contributed by atoms with van der Waals surface area (Å²) in [6, 6.07) is 4.20. The largest absolute Gasteiger partial charge is 0.320 e. The quantitative estimate of drug-likeness (QED) is 0.890. The van der Waals surface area contributed by atoms with Crippen molar-refractivity contribution in [1.82, 2.24) is 0 Å². The molecule has 14 heavy (non-hydrogen) atoms. The van der Waals surface area contributed by atoms with Crippen molar-refractivity contribution in [2.45, 2.75) is 13.0 Å². The Bertz CT molecular complexity index is 433. The number of thiophene rings is 2. The first-order chi connectivity index (χ1) is 6.68. The zero-order valence-electron chi connectivity index (χ0n) is 7.66. The van der Waals surface area contributed by atoms with Crippen molar-refractivity contribution in [3.63, 3.8) is 0 Å². The van der Waals surface area contributed by atoms with E-state index in [2.05, 4.69) is 39.7 Å². The zero-order chi connectivity index (χ0) is 10.1.